The fourth-order valence-corrected chi connectivity index (χ4v) is 4.23. The fraction of sp³-hybridized carbons (Fsp3) is 1.00. The van der Waals surface area contributed by atoms with Crippen LogP contribution in [0.15, 0.2) is 0 Å². The molecule has 1 fully saturated rings. The molecule has 1 atom stereocenters. The van der Waals surface area contributed by atoms with Crippen LogP contribution in [0.3, 0.4) is 0 Å². The van der Waals surface area contributed by atoms with Crippen molar-refractivity contribution >= 4 is 0 Å². The average molecular weight is 252 g/mol. The lowest BCUT2D eigenvalue weighted by molar-refractivity contribution is -0.0166. The highest BCUT2D eigenvalue weighted by Gasteiger charge is 2.55. The van der Waals surface area contributed by atoms with E-state index in [0.717, 1.165) is 11.8 Å². The lowest BCUT2D eigenvalue weighted by Crippen LogP contribution is -2.43. The molecule has 108 valence electrons. The molecule has 1 rings (SSSR count). The molecule has 1 saturated carbocycles. The Bertz CT molecular complexity index is 284. The first kappa shape index (κ1) is 16.1. The van der Waals surface area contributed by atoms with Gasteiger partial charge in [0.25, 0.3) is 0 Å². The van der Waals surface area contributed by atoms with E-state index in [0.29, 0.717) is 21.7 Å². The lowest BCUT2D eigenvalue weighted by Gasteiger charge is -2.50. The molecule has 0 spiro atoms. The molecule has 0 bridgehead atoms. The molecule has 0 saturated heterocycles. The van der Waals surface area contributed by atoms with Gasteiger partial charge >= 0.3 is 0 Å². The van der Waals surface area contributed by atoms with E-state index >= 15 is 0 Å². The maximum atomic E-state index is 2.54. The molecule has 0 heteroatoms. The summed E-state index contributed by atoms with van der Waals surface area (Å²) >= 11 is 0. The zero-order valence-electron chi connectivity index (χ0n) is 14.6. The third-order valence-corrected chi connectivity index (χ3v) is 7.01. The maximum absolute atomic E-state index is 2.54. The molecule has 18 heavy (non-hydrogen) atoms. The first-order chi connectivity index (χ1) is 7.76. The molecule has 1 aliphatic rings. The molecule has 0 heterocycles. The van der Waals surface area contributed by atoms with Crippen LogP contribution in [0, 0.1) is 33.5 Å². The zero-order valence-corrected chi connectivity index (χ0v) is 14.6. The van der Waals surface area contributed by atoms with E-state index in [-0.39, 0.29) is 0 Å². The monoisotopic (exact) mass is 252 g/mol. The van der Waals surface area contributed by atoms with Crippen molar-refractivity contribution in [3.63, 3.8) is 0 Å². The van der Waals surface area contributed by atoms with E-state index in [4.69, 9.17) is 0 Å². The van der Waals surface area contributed by atoms with Gasteiger partial charge in [0.15, 0.2) is 0 Å². The van der Waals surface area contributed by atoms with Gasteiger partial charge in [0.05, 0.1) is 0 Å². The van der Waals surface area contributed by atoms with Gasteiger partial charge < -0.3 is 0 Å². The summed E-state index contributed by atoms with van der Waals surface area (Å²) in [5.41, 5.74) is 1.75. The van der Waals surface area contributed by atoms with Crippen LogP contribution < -0.4 is 0 Å². The van der Waals surface area contributed by atoms with Crippen molar-refractivity contribution in [3.8, 4) is 0 Å². The summed E-state index contributed by atoms with van der Waals surface area (Å²) < 4.78 is 0. The smallest absolute Gasteiger partial charge is 0.0225 e. The largest absolute Gasteiger partial charge is 0.0622 e. The minimum Gasteiger partial charge on any atom is -0.0622 e. The van der Waals surface area contributed by atoms with Crippen molar-refractivity contribution in [3.05, 3.63) is 0 Å². The molecule has 0 aromatic heterocycles. The SMILES string of the molecule is CC(C)C(C)(C1CC(C)(C)C(C)(C)C1)C(C)(C)C. The van der Waals surface area contributed by atoms with Gasteiger partial charge in [-0.1, -0.05) is 69.2 Å². The van der Waals surface area contributed by atoms with Crippen molar-refractivity contribution in [1.82, 2.24) is 0 Å². The van der Waals surface area contributed by atoms with Crippen LogP contribution in [0.25, 0.3) is 0 Å². The van der Waals surface area contributed by atoms with Crippen molar-refractivity contribution < 1.29 is 0 Å². The van der Waals surface area contributed by atoms with Crippen LogP contribution >= 0.6 is 0 Å². The van der Waals surface area contributed by atoms with E-state index in [1.54, 1.807) is 0 Å². The Kier molecular flexibility index (Phi) is 3.79. The molecule has 0 N–H and O–H groups in total. The molecule has 1 unspecified atom stereocenters. The lowest BCUT2D eigenvalue weighted by atomic mass is 9.54. The van der Waals surface area contributed by atoms with Crippen molar-refractivity contribution in [2.75, 3.05) is 0 Å². The molecular formula is C18H36. The standard InChI is InChI=1S/C18H36/c1-13(2)18(10,15(3,4)5)14-11-16(6,7)17(8,9)12-14/h13-14H,11-12H2,1-10H3. The predicted molar refractivity (Wildman–Crippen MR) is 82.7 cm³/mol. The minimum absolute atomic E-state index is 0.377. The van der Waals surface area contributed by atoms with E-state index < -0.39 is 0 Å². The second kappa shape index (κ2) is 4.25. The van der Waals surface area contributed by atoms with Crippen LogP contribution in [-0.2, 0) is 0 Å². The summed E-state index contributed by atoms with van der Waals surface area (Å²) in [6, 6.07) is 0. The first-order valence-electron chi connectivity index (χ1n) is 7.76. The average Bonchev–Trinajstić information content (AvgIpc) is 2.32. The highest BCUT2D eigenvalue weighted by atomic mass is 14.6. The Morgan fingerprint density at radius 2 is 1.17 bits per heavy atom. The molecule has 0 aliphatic heterocycles. The molecule has 1 aliphatic carbocycles. The van der Waals surface area contributed by atoms with E-state index in [1.807, 2.05) is 0 Å². The quantitative estimate of drug-likeness (QED) is 0.552. The first-order valence-corrected chi connectivity index (χ1v) is 7.76. The summed E-state index contributed by atoms with van der Waals surface area (Å²) in [4.78, 5) is 0. The van der Waals surface area contributed by atoms with Gasteiger partial charge in [-0.3, -0.25) is 0 Å². The Hall–Kier alpha value is 0. The van der Waals surface area contributed by atoms with Crippen LogP contribution in [-0.4, -0.2) is 0 Å². The third kappa shape index (κ3) is 2.25. The topological polar surface area (TPSA) is 0 Å². The molecular weight excluding hydrogens is 216 g/mol. The van der Waals surface area contributed by atoms with Crippen molar-refractivity contribution in [2.45, 2.75) is 82.1 Å². The van der Waals surface area contributed by atoms with Gasteiger partial charge in [0, 0.05) is 0 Å². The second-order valence-electron chi connectivity index (χ2n) is 9.56. The van der Waals surface area contributed by atoms with E-state index in [1.165, 1.54) is 12.8 Å². The number of hydrogen-bond acceptors (Lipinski definition) is 0. The Labute approximate surface area is 116 Å². The summed E-state index contributed by atoms with van der Waals surface area (Å²) in [7, 11) is 0. The summed E-state index contributed by atoms with van der Waals surface area (Å²) in [5, 5.41) is 0. The predicted octanol–water partition coefficient (Wildman–Crippen LogP) is 6.16. The van der Waals surface area contributed by atoms with Gasteiger partial charge in [-0.15, -0.1) is 0 Å². The van der Waals surface area contributed by atoms with Crippen LogP contribution in [0.1, 0.15) is 82.1 Å². The molecule has 0 aromatic carbocycles. The maximum Gasteiger partial charge on any atom is -0.0225 e. The van der Waals surface area contributed by atoms with Gasteiger partial charge in [-0.2, -0.15) is 0 Å². The highest BCUT2D eigenvalue weighted by molar-refractivity contribution is 5.04. The molecule has 0 amide bonds. The second-order valence-corrected chi connectivity index (χ2v) is 9.56. The van der Waals surface area contributed by atoms with Crippen molar-refractivity contribution in [1.29, 1.82) is 0 Å². The zero-order chi connectivity index (χ0) is 14.6. The summed E-state index contributed by atoms with van der Waals surface area (Å²) in [5.74, 6) is 1.59. The number of rotatable bonds is 2. The van der Waals surface area contributed by atoms with E-state index in [2.05, 4.69) is 69.2 Å². The fourth-order valence-electron chi connectivity index (χ4n) is 4.23. The Balaban J connectivity index is 3.14. The van der Waals surface area contributed by atoms with Gasteiger partial charge in [0.1, 0.15) is 0 Å². The molecule has 0 nitrogen and oxygen atoms in total. The van der Waals surface area contributed by atoms with Crippen LogP contribution in [0.4, 0.5) is 0 Å². The summed E-state index contributed by atoms with van der Waals surface area (Å²) in [6.07, 6.45) is 2.76. The normalized spacial score (nSPS) is 27.5. The minimum atomic E-state index is 0.377. The molecule has 0 aromatic rings. The molecule has 0 radical (unpaired) electrons. The van der Waals surface area contributed by atoms with Crippen LogP contribution in [0.5, 0.6) is 0 Å². The van der Waals surface area contributed by atoms with Crippen molar-refractivity contribution in [2.24, 2.45) is 33.5 Å². The Morgan fingerprint density at radius 3 is 1.39 bits per heavy atom. The Morgan fingerprint density at radius 1 is 0.833 bits per heavy atom. The van der Waals surface area contributed by atoms with Crippen LogP contribution in [0.2, 0.25) is 0 Å². The van der Waals surface area contributed by atoms with Gasteiger partial charge in [-0.25, -0.2) is 0 Å². The number of hydrogen-bond donors (Lipinski definition) is 0. The van der Waals surface area contributed by atoms with E-state index in [9.17, 15) is 0 Å². The summed E-state index contributed by atoms with van der Waals surface area (Å²) in [6.45, 7) is 24.6. The highest BCUT2D eigenvalue weighted by Crippen LogP contribution is 2.64. The van der Waals surface area contributed by atoms with Gasteiger partial charge in [0.2, 0.25) is 0 Å². The third-order valence-electron chi connectivity index (χ3n) is 7.01. The van der Waals surface area contributed by atoms with Gasteiger partial charge in [-0.05, 0) is 46.3 Å².